The predicted octanol–water partition coefficient (Wildman–Crippen LogP) is 1.02. The summed E-state index contributed by atoms with van der Waals surface area (Å²) in [6.07, 6.45) is 4.87. The van der Waals surface area contributed by atoms with Crippen LogP contribution in [0.1, 0.15) is 18.3 Å². The number of hydrogen-bond donors (Lipinski definition) is 1. The smallest absolute Gasteiger partial charge is 0.126 e. The highest BCUT2D eigenvalue weighted by Gasteiger charge is 2.28. The topological polar surface area (TPSA) is 52.0 Å². The second kappa shape index (κ2) is 4.09. The zero-order chi connectivity index (χ0) is 11.8. The standard InChI is InChI=1S/C12H16N4O/c1-16-11-3-4-13-7-10(11)15-12(16)9-5-8(17-2)6-14-9/h3-4,7-9,14H,5-6H2,1-2H3. The molecular weight excluding hydrogens is 216 g/mol. The van der Waals surface area contributed by atoms with Crippen LogP contribution in [0.4, 0.5) is 0 Å². The van der Waals surface area contributed by atoms with Crippen molar-refractivity contribution in [2.75, 3.05) is 13.7 Å². The minimum absolute atomic E-state index is 0.275. The molecule has 0 amide bonds. The van der Waals surface area contributed by atoms with E-state index in [1.54, 1.807) is 13.3 Å². The number of pyridine rings is 1. The molecule has 3 heterocycles. The van der Waals surface area contributed by atoms with Crippen LogP contribution >= 0.6 is 0 Å². The minimum Gasteiger partial charge on any atom is -0.380 e. The Kier molecular flexibility index (Phi) is 2.57. The summed E-state index contributed by atoms with van der Waals surface area (Å²) in [5, 5.41) is 3.45. The van der Waals surface area contributed by atoms with Crippen LogP contribution in [0.2, 0.25) is 0 Å². The van der Waals surface area contributed by atoms with E-state index in [1.807, 2.05) is 19.3 Å². The van der Waals surface area contributed by atoms with Crippen LogP contribution < -0.4 is 5.32 Å². The number of aryl methyl sites for hydroxylation is 1. The monoisotopic (exact) mass is 232 g/mol. The summed E-state index contributed by atoms with van der Waals surface area (Å²) in [6, 6.07) is 2.27. The van der Waals surface area contributed by atoms with Gasteiger partial charge < -0.3 is 14.6 Å². The van der Waals surface area contributed by atoms with Crippen molar-refractivity contribution >= 4 is 11.0 Å². The molecule has 0 bridgehead atoms. The van der Waals surface area contributed by atoms with E-state index in [1.165, 1.54) is 0 Å². The summed E-state index contributed by atoms with van der Waals surface area (Å²) in [5.74, 6) is 1.06. The number of aromatic nitrogens is 3. The minimum atomic E-state index is 0.275. The molecule has 5 nitrogen and oxygen atoms in total. The van der Waals surface area contributed by atoms with Gasteiger partial charge in [-0.3, -0.25) is 4.98 Å². The largest absolute Gasteiger partial charge is 0.380 e. The van der Waals surface area contributed by atoms with Crippen LogP contribution in [-0.2, 0) is 11.8 Å². The van der Waals surface area contributed by atoms with Crippen molar-refractivity contribution in [3.63, 3.8) is 0 Å². The molecule has 0 aliphatic carbocycles. The summed E-state index contributed by atoms with van der Waals surface area (Å²) in [6.45, 7) is 0.891. The van der Waals surface area contributed by atoms with Crippen molar-refractivity contribution in [2.45, 2.75) is 18.6 Å². The molecule has 0 aromatic carbocycles. The Morgan fingerprint density at radius 3 is 3.12 bits per heavy atom. The lowest BCUT2D eigenvalue weighted by Gasteiger charge is -2.10. The molecule has 0 spiro atoms. The third kappa shape index (κ3) is 1.71. The fraction of sp³-hybridized carbons (Fsp3) is 0.500. The van der Waals surface area contributed by atoms with Gasteiger partial charge in [0.05, 0.1) is 23.9 Å². The van der Waals surface area contributed by atoms with E-state index in [2.05, 4.69) is 19.9 Å². The molecule has 2 aromatic rings. The number of rotatable bonds is 2. The van der Waals surface area contributed by atoms with Crippen molar-refractivity contribution in [3.05, 3.63) is 24.3 Å². The van der Waals surface area contributed by atoms with Gasteiger partial charge in [-0.25, -0.2) is 4.98 Å². The van der Waals surface area contributed by atoms with Gasteiger partial charge >= 0.3 is 0 Å². The van der Waals surface area contributed by atoms with Gasteiger partial charge in [0.25, 0.3) is 0 Å². The molecule has 1 saturated heterocycles. The molecule has 5 heteroatoms. The van der Waals surface area contributed by atoms with Crippen molar-refractivity contribution in [1.29, 1.82) is 0 Å². The SMILES string of the molecule is COC1CNC(c2nc3cnccc3n2C)C1. The Morgan fingerprint density at radius 2 is 2.41 bits per heavy atom. The van der Waals surface area contributed by atoms with Crippen LogP contribution in [-0.4, -0.2) is 34.3 Å². The van der Waals surface area contributed by atoms with Crippen molar-refractivity contribution in [3.8, 4) is 0 Å². The molecule has 0 saturated carbocycles. The van der Waals surface area contributed by atoms with Gasteiger partial charge in [0.2, 0.25) is 0 Å². The third-order valence-corrected chi connectivity index (χ3v) is 3.45. The van der Waals surface area contributed by atoms with Crippen molar-refractivity contribution < 1.29 is 4.74 Å². The first-order valence-corrected chi connectivity index (χ1v) is 5.82. The van der Waals surface area contributed by atoms with Gasteiger partial charge in [-0.15, -0.1) is 0 Å². The van der Waals surface area contributed by atoms with Gasteiger partial charge in [-0.05, 0) is 12.5 Å². The maximum absolute atomic E-state index is 5.36. The number of methoxy groups -OCH3 is 1. The summed E-state index contributed by atoms with van der Waals surface area (Å²) in [5.41, 5.74) is 2.07. The molecule has 0 radical (unpaired) electrons. The average molecular weight is 232 g/mol. The second-order valence-electron chi connectivity index (χ2n) is 4.45. The van der Waals surface area contributed by atoms with Gasteiger partial charge in [0.1, 0.15) is 11.3 Å². The lowest BCUT2D eigenvalue weighted by atomic mass is 10.2. The fourth-order valence-corrected chi connectivity index (χ4v) is 2.46. The molecule has 1 fully saturated rings. The molecule has 17 heavy (non-hydrogen) atoms. The number of nitrogens with zero attached hydrogens (tertiary/aromatic N) is 3. The van der Waals surface area contributed by atoms with E-state index in [-0.39, 0.29) is 12.1 Å². The third-order valence-electron chi connectivity index (χ3n) is 3.45. The summed E-state index contributed by atoms with van der Waals surface area (Å²) in [7, 11) is 3.81. The molecule has 2 atom stereocenters. The first kappa shape index (κ1) is 10.7. The molecule has 1 N–H and O–H groups in total. The highest BCUT2D eigenvalue weighted by molar-refractivity contribution is 5.74. The lowest BCUT2D eigenvalue weighted by molar-refractivity contribution is 0.117. The Labute approximate surface area is 99.8 Å². The number of fused-ring (bicyclic) bond motifs is 1. The molecular formula is C12H16N4O. The summed E-state index contributed by atoms with van der Waals surface area (Å²) < 4.78 is 7.50. The number of hydrogen-bond acceptors (Lipinski definition) is 4. The first-order chi connectivity index (χ1) is 8.29. The zero-order valence-electron chi connectivity index (χ0n) is 10.1. The van der Waals surface area contributed by atoms with Crippen LogP contribution in [0.3, 0.4) is 0 Å². The van der Waals surface area contributed by atoms with Crippen LogP contribution in [0.25, 0.3) is 11.0 Å². The number of nitrogens with one attached hydrogen (secondary N) is 1. The van der Waals surface area contributed by atoms with E-state index in [0.717, 1.165) is 29.8 Å². The van der Waals surface area contributed by atoms with E-state index < -0.39 is 0 Å². The zero-order valence-corrected chi connectivity index (χ0v) is 10.1. The molecule has 2 aromatic heterocycles. The van der Waals surface area contributed by atoms with E-state index >= 15 is 0 Å². The molecule has 1 aliphatic rings. The van der Waals surface area contributed by atoms with Crippen LogP contribution in [0.15, 0.2) is 18.5 Å². The highest BCUT2D eigenvalue weighted by Crippen LogP contribution is 2.26. The van der Waals surface area contributed by atoms with Gasteiger partial charge in [-0.2, -0.15) is 0 Å². The van der Waals surface area contributed by atoms with E-state index in [0.29, 0.717) is 0 Å². The maximum Gasteiger partial charge on any atom is 0.126 e. The van der Waals surface area contributed by atoms with Crippen LogP contribution in [0, 0.1) is 0 Å². The predicted molar refractivity (Wildman–Crippen MR) is 64.7 cm³/mol. The summed E-state index contributed by atoms with van der Waals surface area (Å²) >= 11 is 0. The molecule has 90 valence electrons. The molecule has 2 unspecified atom stereocenters. The quantitative estimate of drug-likeness (QED) is 0.840. The average Bonchev–Trinajstić information content (AvgIpc) is 2.95. The Hall–Kier alpha value is -1.46. The lowest BCUT2D eigenvalue weighted by Crippen LogP contribution is -2.18. The van der Waals surface area contributed by atoms with E-state index in [4.69, 9.17) is 4.74 Å². The Bertz CT molecular complexity index is 536. The van der Waals surface area contributed by atoms with E-state index in [9.17, 15) is 0 Å². The van der Waals surface area contributed by atoms with Gasteiger partial charge in [0.15, 0.2) is 0 Å². The molecule has 3 rings (SSSR count). The van der Waals surface area contributed by atoms with Gasteiger partial charge in [-0.1, -0.05) is 0 Å². The second-order valence-corrected chi connectivity index (χ2v) is 4.45. The number of ether oxygens (including phenoxy) is 1. The van der Waals surface area contributed by atoms with Crippen LogP contribution in [0.5, 0.6) is 0 Å². The first-order valence-electron chi connectivity index (χ1n) is 5.82. The normalized spacial score (nSPS) is 24.6. The van der Waals surface area contributed by atoms with Crippen molar-refractivity contribution in [2.24, 2.45) is 7.05 Å². The highest BCUT2D eigenvalue weighted by atomic mass is 16.5. The maximum atomic E-state index is 5.36. The Morgan fingerprint density at radius 1 is 1.53 bits per heavy atom. The van der Waals surface area contributed by atoms with Crippen molar-refractivity contribution in [1.82, 2.24) is 19.9 Å². The molecule has 1 aliphatic heterocycles. The summed E-state index contributed by atoms with van der Waals surface area (Å²) in [4.78, 5) is 8.75. The Balaban J connectivity index is 1.98. The number of imidazole rings is 1. The fourth-order valence-electron chi connectivity index (χ4n) is 2.46. The van der Waals surface area contributed by atoms with Gasteiger partial charge in [0, 0.05) is 26.9 Å².